The number of methoxy groups -OCH3 is 1. The molecular formula is C19H28F3N5O2. The smallest absolute Gasteiger partial charge is 0.381 e. The van der Waals surface area contributed by atoms with Crippen LogP contribution < -0.4 is 5.32 Å². The van der Waals surface area contributed by atoms with Crippen molar-refractivity contribution in [3.05, 3.63) is 6.33 Å². The average Bonchev–Trinajstić information content (AvgIpc) is 3.20. The highest BCUT2D eigenvalue weighted by Gasteiger charge is 2.48. The number of carbonyl (C=O) groups excluding carboxylic acids is 1. The Morgan fingerprint density at radius 1 is 1.21 bits per heavy atom. The normalized spacial score (nSPS) is 31.2. The molecule has 10 heteroatoms. The molecule has 2 fully saturated rings. The van der Waals surface area contributed by atoms with Crippen molar-refractivity contribution in [2.45, 2.75) is 69.3 Å². The molecule has 4 rings (SSSR count). The van der Waals surface area contributed by atoms with E-state index >= 15 is 0 Å². The standard InChI is InChI=1S/C19H28F3N5O2/c1-29-14-4-2-3-13(9-14)17(28)26-7-5-12(6-8-26)15-10-16(19(20,21)22)27-18(25-15)23-11-24-27/h11-16H,2-10H2,1H3,(H,23,24,25)/t13-,14+,15+,16-/m1/s1. The van der Waals surface area contributed by atoms with Crippen molar-refractivity contribution in [1.29, 1.82) is 0 Å². The molecular weight excluding hydrogens is 387 g/mol. The van der Waals surface area contributed by atoms with Crippen LogP contribution in [-0.2, 0) is 9.53 Å². The molecule has 1 N–H and O–H groups in total. The molecule has 1 aromatic heterocycles. The number of halogens is 3. The van der Waals surface area contributed by atoms with Gasteiger partial charge in [0.2, 0.25) is 11.9 Å². The molecule has 3 heterocycles. The molecule has 7 nitrogen and oxygen atoms in total. The molecule has 1 amide bonds. The number of aromatic nitrogens is 3. The van der Waals surface area contributed by atoms with Crippen molar-refractivity contribution in [2.75, 3.05) is 25.5 Å². The van der Waals surface area contributed by atoms with Gasteiger partial charge in [-0.25, -0.2) is 4.68 Å². The molecule has 1 saturated carbocycles. The Morgan fingerprint density at radius 3 is 2.66 bits per heavy atom. The van der Waals surface area contributed by atoms with Crippen LogP contribution in [0.1, 0.15) is 51.0 Å². The maximum Gasteiger partial charge on any atom is 0.411 e. The first-order valence-corrected chi connectivity index (χ1v) is 10.4. The zero-order chi connectivity index (χ0) is 20.6. The van der Waals surface area contributed by atoms with Crippen molar-refractivity contribution in [1.82, 2.24) is 19.7 Å². The Labute approximate surface area is 168 Å². The van der Waals surface area contributed by atoms with Crippen molar-refractivity contribution in [3.63, 3.8) is 0 Å². The minimum absolute atomic E-state index is 0.00576. The van der Waals surface area contributed by atoms with Crippen LogP contribution in [0.4, 0.5) is 19.1 Å². The molecule has 0 bridgehead atoms. The molecule has 29 heavy (non-hydrogen) atoms. The fourth-order valence-electron chi connectivity index (χ4n) is 5.09. The number of ether oxygens (including phenoxy) is 1. The molecule has 1 aliphatic carbocycles. The summed E-state index contributed by atoms with van der Waals surface area (Å²) in [5.74, 6) is 0.434. The predicted molar refractivity (Wildman–Crippen MR) is 99.2 cm³/mol. The van der Waals surface area contributed by atoms with Gasteiger partial charge in [0.25, 0.3) is 0 Å². The zero-order valence-corrected chi connectivity index (χ0v) is 16.6. The van der Waals surface area contributed by atoms with Gasteiger partial charge in [-0.15, -0.1) is 0 Å². The van der Waals surface area contributed by atoms with Crippen molar-refractivity contribution < 1.29 is 22.7 Å². The molecule has 0 spiro atoms. The lowest BCUT2D eigenvalue weighted by atomic mass is 9.83. The lowest BCUT2D eigenvalue weighted by Gasteiger charge is -2.41. The number of hydrogen-bond donors (Lipinski definition) is 1. The van der Waals surface area contributed by atoms with E-state index < -0.39 is 12.2 Å². The van der Waals surface area contributed by atoms with Crippen LogP contribution in [0.5, 0.6) is 0 Å². The van der Waals surface area contributed by atoms with Gasteiger partial charge < -0.3 is 15.0 Å². The highest BCUT2D eigenvalue weighted by Crippen LogP contribution is 2.41. The van der Waals surface area contributed by atoms with E-state index in [0.29, 0.717) is 25.9 Å². The van der Waals surface area contributed by atoms with E-state index in [1.165, 1.54) is 0 Å². The second kappa shape index (κ2) is 8.12. The maximum absolute atomic E-state index is 13.5. The predicted octanol–water partition coefficient (Wildman–Crippen LogP) is 3.01. The molecule has 4 atom stereocenters. The lowest BCUT2D eigenvalue weighted by molar-refractivity contribution is -0.174. The third-order valence-corrected chi connectivity index (χ3v) is 6.77. The number of nitrogens with zero attached hydrogens (tertiary/aromatic N) is 4. The SMILES string of the molecule is CO[C@H]1CCC[C@@H](C(=O)N2CCC([C@@H]3C[C@H](C(F)(F)F)n4ncnc4N3)CC2)C1. The Morgan fingerprint density at radius 2 is 1.97 bits per heavy atom. The second-order valence-corrected chi connectivity index (χ2v) is 8.46. The van der Waals surface area contributed by atoms with E-state index in [4.69, 9.17) is 4.74 Å². The third kappa shape index (κ3) is 4.22. The van der Waals surface area contributed by atoms with Crippen LogP contribution in [0, 0.1) is 11.8 Å². The van der Waals surface area contributed by atoms with Gasteiger partial charge in [-0.2, -0.15) is 23.3 Å². The van der Waals surface area contributed by atoms with Gasteiger partial charge in [0, 0.05) is 32.2 Å². The quantitative estimate of drug-likeness (QED) is 0.822. The minimum atomic E-state index is -4.36. The van der Waals surface area contributed by atoms with Crippen LogP contribution in [0.3, 0.4) is 0 Å². The summed E-state index contributed by atoms with van der Waals surface area (Å²) in [7, 11) is 1.69. The topological polar surface area (TPSA) is 72.3 Å². The summed E-state index contributed by atoms with van der Waals surface area (Å²) in [5.41, 5.74) is 0. The zero-order valence-electron chi connectivity index (χ0n) is 16.6. The molecule has 0 unspecified atom stereocenters. The number of hydrogen-bond acceptors (Lipinski definition) is 5. The summed E-state index contributed by atoms with van der Waals surface area (Å²) in [5, 5.41) is 6.88. The third-order valence-electron chi connectivity index (χ3n) is 6.77. The van der Waals surface area contributed by atoms with E-state index in [1.54, 1.807) is 7.11 Å². The van der Waals surface area contributed by atoms with Gasteiger partial charge in [0.05, 0.1) is 6.10 Å². The van der Waals surface area contributed by atoms with Crippen LogP contribution in [-0.4, -0.2) is 64.1 Å². The van der Waals surface area contributed by atoms with Crippen molar-refractivity contribution >= 4 is 11.9 Å². The summed E-state index contributed by atoms with van der Waals surface area (Å²) in [4.78, 5) is 18.7. The van der Waals surface area contributed by atoms with Crippen molar-refractivity contribution in [2.24, 2.45) is 11.8 Å². The lowest BCUT2D eigenvalue weighted by Crippen LogP contribution is -2.48. The number of alkyl halides is 3. The number of piperidine rings is 1. The number of fused-ring (bicyclic) bond motifs is 1. The molecule has 0 aromatic carbocycles. The largest absolute Gasteiger partial charge is 0.411 e. The Hall–Kier alpha value is -1.84. The van der Waals surface area contributed by atoms with Gasteiger partial charge in [-0.05, 0) is 44.4 Å². The van der Waals surface area contributed by atoms with Crippen molar-refractivity contribution in [3.8, 4) is 0 Å². The Kier molecular flexibility index (Phi) is 5.72. The summed E-state index contributed by atoms with van der Waals surface area (Å²) >= 11 is 0. The highest BCUT2D eigenvalue weighted by molar-refractivity contribution is 5.79. The monoisotopic (exact) mass is 415 g/mol. The first-order valence-electron chi connectivity index (χ1n) is 10.4. The van der Waals surface area contributed by atoms with Gasteiger partial charge in [0.15, 0.2) is 6.04 Å². The first-order chi connectivity index (χ1) is 13.9. The molecule has 2 aliphatic heterocycles. The van der Waals surface area contributed by atoms with E-state index in [9.17, 15) is 18.0 Å². The minimum Gasteiger partial charge on any atom is -0.381 e. The fourth-order valence-corrected chi connectivity index (χ4v) is 5.09. The molecule has 3 aliphatic rings. The highest BCUT2D eigenvalue weighted by atomic mass is 19.4. The summed E-state index contributed by atoms with van der Waals surface area (Å²) in [6, 6.07) is -1.97. The van der Waals surface area contributed by atoms with Crippen LogP contribution in [0.25, 0.3) is 0 Å². The second-order valence-electron chi connectivity index (χ2n) is 8.46. The number of anilines is 1. The Balaban J connectivity index is 1.36. The maximum atomic E-state index is 13.5. The average molecular weight is 415 g/mol. The molecule has 1 aromatic rings. The summed E-state index contributed by atoms with van der Waals surface area (Å²) < 4.78 is 46.8. The molecule has 0 radical (unpaired) electrons. The summed E-state index contributed by atoms with van der Waals surface area (Å²) in [6.45, 7) is 1.19. The van der Waals surface area contributed by atoms with Gasteiger partial charge in [-0.3, -0.25) is 4.79 Å². The van der Waals surface area contributed by atoms with Crippen LogP contribution in [0.2, 0.25) is 0 Å². The molecule has 162 valence electrons. The number of likely N-dealkylation sites (tertiary alicyclic amines) is 1. The van der Waals surface area contributed by atoms with E-state index in [-0.39, 0.29) is 42.3 Å². The van der Waals surface area contributed by atoms with E-state index in [0.717, 1.165) is 36.7 Å². The van der Waals surface area contributed by atoms with Gasteiger partial charge in [0.1, 0.15) is 6.33 Å². The van der Waals surface area contributed by atoms with E-state index in [1.807, 2.05) is 4.90 Å². The number of nitrogens with one attached hydrogen (secondary N) is 1. The number of amides is 1. The first kappa shape index (κ1) is 20.4. The van der Waals surface area contributed by atoms with E-state index in [2.05, 4.69) is 15.4 Å². The Bertz CT molecular complexity index is 717. The molecule has 1 saturated heterocycles. The van der Waals surface area contributed by atoms with Gasteiger partial charge in [-0.1, -0.05) is 6.42 Å². The van der Waals surface area contributed by atoms with Crippen LogP contribution in [0.15, 0.2) is 6.33 Å². The fraction of sp³-hybridized carbons (Fsp3) is 0.842. The summed E-state index contributed by atoms with van der Waals surface area (Å²) in [6.07, 6.45) is 1.94. The number of carbonyl (C=O) groups is 1. The van der Waals surface area contributed by atoms with Crippen LogP contribution >= 0.6 is 0 Å². The number of rotatable bonds is 3. The van der Waals surface area contributed by atoms with Gasteiger partial charge >= 0.3 is 6.18 Å².